The molecule has 0 aliphatic rings. The molecule has 0 saturated heterocycles. The average Bonchev–Trinajstić information content (AvgIpc) is 2.07. The number of nitrogens with one attached hydrogen (secondary N) is 1. The topological polar surface area (TPSA) is 59.1 Å². The third-order valence-electron chi connectivity index (χ3n) is 1.57. The molecule has 1 rings (SSSR count). The van der Waals surface area contributed by atoms with Gasteiger partial charge in [-0.3, -0.25) is 0 Å². The third-order valence-corrected chi connectivity index (χ3v) is 2.52. The predicted molar refractivity (Wildman–Crippen MR) is 52.4 cm³/mol. The van der Waals surface area contributed by atoms with E-state index in [0.29, 0.717) is 6.07 Å². The summed E-state index contributed by atoms with van der Waals surface area (Å²) in [5.41, 5.74) is 0. The minimum atomic E-state index is -3.10. The molecule has 0 saturated carbocycles. The molecule has 1 aromatic heterocycles. The molecule has 0 amide bonds. The van der Waals surface area contributed by atoms with Gasteiger partial charge in [-0.1, -0.05) is 0 Å². The summed E-state index contributed by atoms with van der Waals surface area (Å²) in [4.78, 5) is 3.44. The Morgan fingerprint density at radius 2 is 2.13 bits per heavy atom. The van der Waals surface area contributed by atoms with Crippen molar-refractivity contribution in [1.82, 2.24) is 4.98 Å². The van der Waals surface area contributed by atoms with E-state index in [1.807, 2.05) is 0 Å². The van der Waals surface area contributed by atoms with Gasteiger partial charge in [-0.25, -0.2) is 22.2 Å². The number of halogens is 2. The van der Waals surface area contributed by atoms with Crippen LogP contribution in [0.3, 0.4) is 0 Å². The molecule has 0 atom stereocenters. The lowest BCUT2D eigenvalue weighted by Gasteiger charge is -2.05. The molecule has 0 radical (unpaired) electrons. The summed E-state index contributed by atoms with van der Waals surface area (Å²) in [6, 6.07) is 0.676. The molecule has 1 heterocycles. The molecule has 1 N–H and O–H groups in total. The number of pyridine rings is 1. The van der Waals surface area contributed by atoms with E-state index in [9.17, 15) is 17.2 Å². The standard InChI is InChI=1S/C8H10F2N2O2S/c1-15(13,14)3-2-11-8-7(10)4-6(9)5-12-8/h4-5H,2-3H2,1H3,(H,11,12). The molecule has 0 unspecified atom stereocenters. The van der Waals surface area contributed by atoms with E-state index in [0.717, 1.165) is 12.5 Å². The van der Waals surface area contributed by atoms with Crippen molar-refractivity contribution in [1.29, 1.82) is 0 Å². The van der Waals surface area contributed by atoms with Gasteiger partial charge in [0, 0.05) is 18.9 Å². The second-order valence-electron chi connectivity index (χ2n) is 3.04. The number of sulfone groups is 1. The van der Waals surface area contributed by atoms with Crippen LogP contribution in [0.5, 0.6) is 0 Å². The van der Waals surface area contributed by atoms with Crippen LogP contribution in [0.15, 0.2) is 12.3 Å². The third kappa shape index (κ3) is 4.20. The van der Waals surface area contributed by atoms with E-state index in [1.165, 1.54) is 0 Å². The van der Waals surface area contributed by atoms with E-state index >= 15 is 0 Å². The first-order valence-corrected chi connectivity index (χ1v) is 6.17. The highest BCUT2D eigenvalue weighted by Gasteiger charge is 2.06. The molecule has 0 aromatic carbocycles. The minimum Gasteiger partial charge on any atom is -0.367 e. The van der Waals surface area contributed by atoms with Crippen molar-refractivity contribution in [2.75, 3.05) is 23.9 Å². The quantitative estimate of drug-likeness (QED) is 0.840. The van der Waals surface area contributed by atoms with Crippen molar-refractivity contribution in [3.8, 4) is 0 Å². The van der Waals surface area contributed by atoms with Crippen LogP contribution in [0, 0.1) is 11.6 Å². The predicted octanol–water partition coefficient (Wildman–Crippen LogP) is 0.816. The van der Waals surface area contributed by atoms with Crippen molar-refractivity contribution < 1.29 is 17.2 Å². The van der Waals surface area contributed by atoms with Gasteiger partial charge < -0.3 is 5.32 Å². The zero-order valence-corrected chi connectivity index (χ0v) is 8.81. The first-order valence-electron chi connectivity index (χ1n) is 4.11. The number of hydrogen-bond acceptors (Lipinski definition) is 4. The summed E-state index contributed by atoms with van der Waals surface area (Å²) >= 11 is 0. The fourth-order valence-corrected chi connectivity index (χ4v) is 1.37. The van der Waals surface area contributed by atoms with E-state index in [4.69, 9.17) is 0 Å². The maximum atomic E-state index is 13.0. The van der Waals surface area contributed by atoms with Crippen LogP contribution in [0.4, 0.5) is 14.6 Å². The molecule has 1 aromatic rings. The zero-order valence-electron chi connectivity index (χ0n) is 8.00. The van der Waals surface area contributed by atoms with Crippen LogP contribution < -0.4 is 5.32 Å². The van der Waals surface area contributed by atoms with Crippen LogP contribution in [0.2, 0.25) is 0 Å². The zero-order chi connectivity index (χ0) is 11.5. The Bertz CT molecular complexity index is 448. The SMILES string of the molecule is CS(=O)(=O)CCNc1ncc(F)cc1F. The lowest BCUT2D eigenvalue weighted by Crippen LogP contribution is -2.15. The summed E-state index contributed by atoms with van der Waals surface area (Å²) in [7, 11) is -3.10. The van der Waals surface area contributed by atoms with Crippen molar-refractivity contribution in [3.63, 3.8) is 0 Å². The summed E-state index contributed by atoms with van der Waals surface area (Å²) in [6.07, 6.45) is 1.93. The van der Waals surface area contributed by atoms with Gasteiger partial charge in [-0.15, -0.1) is 0 Å². The first kappa shape index (κ1) is 11.8. The van der Waals surface area contributed by atoms with Crippen LogP contribution in [0.25, 0.3) is 0 Å². The van der Waals surface area contributed by atoms with Crippen molar-refractivity contribution in [2.45, 2.75) is 0 Å². The summed E-state index contributed by atoms with van der Waals surface area (Å²) < 4.78 is 46.9. The Balaban J connectivity index is 2.59. The molecule has 7 heteroatoms. The molecule has 0 bridgehead atoms. The molecular formula is C8H10F2N2O2S. The van der Waals surface area contributed by atoms with E-state index in [2.05, 4.69) is 10.3 Å². The number of aromatic nitrogens is 1. The van der Waals surface area contributed by atoms with Gasteiger partial charge in [0.05, 0.1) is 11.9 Å². The molecule has 0 aliphatic carbocycles. The van der Waals surface area contributed by atoms with Gasteiger partial charge in [-0.05, 0) is 0 Å². The van der Waals surface area contributed by atoms with E-state index in [-0.39, 0.29) is 18.1 Å². The fraction of sp³-hybridized carbons (Fsp3) is 0.375. The van der Waals surface area contributed by atoms with E-state index in [1.54, 1.807) is 0 Å². The highest BCUT2D eigenvalue weighted by atomic mass is 32.2. The molecular weight excluding hydrogens is 226 g/mol. The average molecular weight is 236 g/mol. The highest BCUT2D eigenvalue weighted by Crippen LogP contribution is 2.10. The number of rotatable bonds is 4. The maximum absolute atomic E-state index is 13.0. The Labute approximate surface area is 86.3 Å². The lowest BCUT2D eigenvalue weighted by atomic mass is 10.4. The Hall–Kier alpha value is -1.24. The van der Waals surface area contributed by atoms with Gasteiger partial charge >= 0.3 is 0 Å². The minimum absolute atomic E-state index is 0.0361. The molecule has 15 heavy (non-hydrogen) atoms. The second kappa shape index (κ2) is 4.52. The Morgan fingerprint density at radius 3 is 2.67 bits per heavy atom. The van der Waals surface area contributed by atoms with Crippen molar-refractivity contribution in [2.24, 2.45) is 0 Å². The molecule has 0 spiro atoms. The number of hydrogen-bond donors (Lipinski definition) is 1. The van der Waals surface area contributed by atoms with Crippen LogP contribution in [-0.2, 0) is 9.84 Å². The number of nitrogens with zero attached hydrogens (tertiary/aromatic N) is 1. The Kier molecular flexibility index (Phi) is 3.57. The fourth-order valence-electron chi connectivity index (χ4n) is 0.899. The highest BCUT2D eigenvalue weighted by molar-refractivity contribution is 7.90. The molecule has 0 fully saturated rings. The first-order chi connectivity index (χ1) is 6.88. The van der Waals surface area contributed by atoms with Crippen molar-refractivity contribution in [3.05, 3.63) is 23.9 Å². The maximum Gasteiger partial charge on any atom is 0.168 e. The van der Waals surface area contributed by atoms with Gasteiger partial charge in [0.25, 0.3) is 0 Å². The van der Waals surface area contributed by atoms with Crippen LogP contribution in [0.1, 0.15) is 0 Å². The van der Waals surface area contributed by atoms with Crippen LogP contribution >= 0.6 is 0 Å². The largest absolute Gasteiger partial charge is 0.367 e. The lowest BCUT2D eigenvalue weighted by molar-refractivity contribution is 0.575. The molecule has 4 nitrogen and oxygen atoms in total. The normalized spacial score (nSPS) is 11.4. The molecule has 84 valence electrons. The monoisotopic (exact) mass is 236 g/mol. The number of anilines is 1. The van der Waals surface area contributed by atoms with Gasteiger partial charge in [-0.2, -0.15) is 0 Å². The summed E-state index contributed by atoms with van der Waals surface area (Å²) in [6.45, 7) is 0.0361. The summed E-state index contributed by atoms with van der Waals surface area (Å²) in [5, 5.41) is 2.46. The van der Waals surface area contributed by atoms with E-state index < -0.39 is 21.5 Å². The van der Waals surface area contributed by atoms with Crippen LogP contribution in [-0.4, -0.2) is 32.0 Å². The Morgan fingerprint density at radius 1 is 1.47 bits per heavy atom. The second-order valence-corrected chi connectivity index (χ2v) is 5.30. The summed E-state index contributed by atoms with van der Waals surface area (Å²) in [5.74, 6) is -1.91. The molecule has 0 aliphatic heterocycles. The van der Waals surface area contributed by atoms with Gasteiger partial charge in [0.1, 0.15) is 15.7 Å². The van der Waals surface area contributed by atoms with Crippen molar-refractivity contribution >= 4 is 15.7 Å². The van der Waals surface area contributed by atoms with Gasteiger partial charge in [0.2, 0.25) is 0 Å². The van der Waals surface area contributed by atoms with Gasteiger partial charge in [0.15, 0.2) is 11.6 Å². The smallest absolute Gasteiger partial charge is 0.168 e.